The standard InChI is InChI=1S/C25H22N8O3S/c1-4-27-25(34)31-21-9-17(24-30-20(13-37-24)19-6-5-7-22(29-19)35-3)18(12-28-21)15-8-16(11-26-10-15)23-33-32-14(2)36-23/h5-13H,4H2,1-3H3,(H2,27,28,31,34). The van der Waals surface area contributed by atoms with Crippen molar-refractivity contribution in [3.8, 4) is 50.4 Å². The van der Waals surface area contributed by atoms with Crippen molar-refractivity contribution in [3.63, 3.8) is 0 Å². The number of methoxy groups -OCH3 is 1. The molecular formula is C25H22N8O3S. The van der Waals surface area contributed by atoms with E-state index in [2.05, 4.69) is 35.8 Å². The maximum atomic E-state index is 12.1. The maximum absolute atomic E-state index is 12.1. The van der Waals surface area contributed by atoms with Gasteiger partial charge in [0, 0.05) is 60.2 Å². The zero-order valence-electron chi connectivity index (χ0n) is 20.2. The summed E-state index contributed by atoms with van der Waals surface area (Å²) in [6, 6.07) is 8.86. The largest absolute Gasteiger partial charge is 0.481 e. The predicted molar refractivity (Wildman–Crippen MR) is 139 cm³/mol. The third-order valence-corrected chi connectivity index (χ3v) is 6.11. The van der Waals surface area contributed by atoms with Crippen molar-refractivity contribution in [2.24, 2.45) is 0 Å². The van der Waals surface area contributed by atoms with Gasteiger partial charge in [-0.15, -0.1) is 21.5 Å². The summed E-state index contributed by atoms with van der Waals surface area (Å²) < 4.78 is 10.8. The number of hydrogen-bond acceptors (Lipinski definition) is 10. The number of anilines is 1. The molecule has 37 heavy (non-hydrogen) atoms. The maximum Gasteiger partial charge on any atom is 0.320 e. The summed E-state index contributed by atoms with van der Waals surface area (Å²) in [4.78, 5) is 30.3. The second kappa shape index (κ2) is 10.5. The molecule has 5 rings (SSSR count). The molecule has 0 spiro atoms. The summed E-state index contributed by atoms with van der Waals surface area (Å²) in [7, 11) is 1.57. The summed E-state index contributed by atoms with van der Waals surface area (Å²) in [5, 5.41) is 16.1. The van der Waals surface area contributed by atoms with E-state index >= 15 is 0 Å². The fraction of sp³-hybridized carbons (Fsp3) is 0.160. The molecule has 0 aliphatic rings. The molecule has 12 heteroatoms. The Morgan fingerprint density at radius 1 is 1.05 bits per heavy atom. The van der Waals surface area contributed by atoms with Gasteiger partial charge in [-0.2, -0.15) is 0 Å². The van der Waals surface area contributed by atoms with Crippen molar-refractivity contribution in [2.45, 2.75) is 13.8 Å². The van der Waals surface area contributed by atoms with E-state index in [9.17, 15) is 4.79 Å². The molecule has 0 radical (unpaired) electrons. The fourth-order valence-corrected chi connectivity index (χ4v) is 4.40. The van der Waals surface area contributed by atoms with Gasteiger partial charge >= 0.3 is 6.03 Å². The van der Waals surface area contributed by atoms with Crippen LogP contribution < -0.4 is 15.4 Å². The Morgan fingerprint density at radius 2 is 1.92 bits per heavy atom. The molecule has 0 fully saturated rings. The molecule has 0 atom stereocenters. The van der Waals surface area contributed by atoms with Crippen molar-refractivity contribution >= 4 is 23.2 Å². The number of carbonyl (C=O) groups is 1. The van der Waals surface area contributed by atoms with Crippen LogP contribution in [0, 0.1) is 6.92 Å². The Kier molecular flexibility index (Phi) is 6.81. The molecule has 0 saturated carbocycles. The zero-order chi connectivity index (χ0) is 25.8. The molecule has 0 saturated heterocycles. The minimum absolute atomic E-state index is 0.343. The monoisotopic (exact) mass is 514 g/mol. The Bertz CT molecular complexity index is 1570. The number of pyridine rings is 3. The highest BCUT2D eigenvalue weighted by atomic mass is 32.1. The predicted octanol–water partition coefficient (Wildman–Crippen LogP) is 4.84. The smallest absolute Gasteiger partial charge is 0.320 e. The summed E-state index contributed by atoms with van der Waals surface area (Å²) in [6.07, 6.45) is 5.06. The van der Waals surface area contributed by atoms with Gasteiger partial charge in [-0.05, 0) is 25.1 Å². The Labute approximate surface area is 216 Å². The van der Waals surface area contributed by atoms with Crippen LogP contribution in [-0.2, 0) is 0 Å². The van der Waals surface area contributed by atoms with Crippen molar-refractivity contribution in [3.05, 3.63) is 60.2 Å². The number of nitrogens with one attached hydrogen (secondary N) is 2. The lowest BCUT2D eigenvalue weighted by atomic mass is 10.0. The highest BCUT2D eigenvalue weighted by Crippen LogP contribution is 2.37. The van der Waals surface area contributed by atoms with Crippen LogP contribution in [0.1, 0.15) is 12.8 Å². The summed E-state index contributed by atoms with van der Waals surface area (Å²) >= 11 is 1.45. The lowest BCUT2D eigenvalue weighted by Gasteiger charge is -2.11. The number of amides is 2. The van der Waals surface area contributed by atoms with E-state index in [1.807, 2.05) is 30.5 Å². The molecule has 0 aliphatic heterocycles. The average Bonchev–Trinajstić information content (AvgIpc) is 3.59. The van der Waals surface area contributed by atoms with Crippen LogP contribution in [0.3, 0.4) is 0 Å². The molecule has 0 aromatic carbocycles. The van der Waals surface area contributed by atoms with Crippen molar-refractivity contribution < 1.29 is 13.9 Å². The Balaban J connectivity index is 1.58. The second-order valence-electron chi connectivity index (χ2n) is 7.79. The Hall–Kier alpha value is -4.71. The first-order valence-electron chi connectivity index (χ1n) is 11.3. The van der Waals surface area contributed by atoms with Crippen LogP contribution in [0.5, 0.6) is 5.88 Å². The van der Waals surface area contributed by atoms with Crippen molar-refractivity contribution in [1.29, 1.82) is 0 Å². The number of aromatic nitrogens is 6. The van der Waals surface area contributed by atoms with Gasteiger partial charge < -0.3 is 14.5 Å². The lowest BCUT2D eigenvalue weighted by Crippen LogP contribution is -2.28. The number of carbonyl (C=O) groups excluding carboxylic acids is 1. The van der Waals surface area contributed by atoms with Crippen LogP contribution in [0.2, 0.25) is 0 Å². The average molecular weight is 515 g/mol. The van der Waals surface area contributed by atoms with E-state index in [0.717, 1.165) is 21.7 Å². The van der Waals surface area contributed by atoms with E-state index in [1.54, 1.807) is 44.8 Å². The van der Waals surface area contributed by atoms with Gasteiger partial charge in [-0.3, -0.25) is 10.3 Å². The molecule has 0 bridgehead atoms. The minimum atomic E-state index is -0.343. The Morgan fingerprint density at radius 3 is 2.70 bits per heavy atom. The second-order valence-corrected chi connectivity index (χ2v) is 8.65. The van der Waals surface area contributed by atoms with Crippen LogP contribution in [-0.4, -0.2) is 49.8 Å². The minimum Gasteiger partial charge on any atom is -0.481 e. The molecule has 2 N–H and O–H groups in total. The van der Waals surface area contributed by atoms with E-state index in [0.29, 0.717) is 47.0 Å². The number of urea groups is 1. The van der Waals surface area contributed by atoms with Gasteiger partial charge in [0.25, 0.3) is 0 Å². The summed E-state index contributed by atoms with van der Waals surface area (Å²) in [5.74, 6) is 1.73. The molecule has 5 aromatic rings. The molecular weight excluding hydrogens is 492 g/mol. The van der Waals surface area contributed by atoms with Gasteiger partial charge in [0.15, 0.2) is 0 Å². The van der Waals surface area contributed by atoms with E-state index in [4.69, 9.17) is 14.1 Å². The molecule has 186 valence electrons. The van der Waals surface area contributed by atoms with Crippen LogP contribution in [0.25, 0.3) is 44.5 Å². The highest BCUT2D eigenvalue weighted by molar-refractivity contribution is 7.13. The van der Waals surface area contributed by atoms with Gasteiger partial charge in [-0.1, -0.05) is 6.07 Å². The molecule has 11 nitrogen and oxygen atoms in total. The van der Waals surface area contributed by atoms with Gasteiger partial charge in [-0.25, -0.2) is 19.7 Å². The van der Waals surface area contributed by atoms with Crippen LogP contribution in [0.4, 0.5) is 10.6 Å². The van der Waals surface area contributed by atoms with E-state index < -0.39 is 0 Å². The topological polar surface area (TPSA) is 141 Å². The lowest BCUT2D eigenvalue weighted by molar-refractivity contribution is 0.252. The van der Waals surface area contributed by atoms with Gasteiger partial charge in [0.05, 0.1) is 18.4 Å². The molecule has 0 aliphatic carbocycles. The first-order chi connectivity index (χ1) is 18.0. The van der Waals surface area contributed by atoms with Gasteiger partial charge in [0.1, 0.15) is 16.5 Å². The van der Waals surface area contributed by atoms with Crippen molar-refractivity contribution in [1.82, 2.24) is 35.5 Å². The number of aryl methyl sites for hydroxylation is 1. The normalized spacial score (nSPS) is 10.8. The SMILES string of the molecule is CCNC(=O)Nc1cc(-c2nc(-c3cccc(OC)n3)cs2)c(-c2cncc(-c3nnc(C)o3)c2)cn1. The third kappa shape index (κ3) is 5.28. The number of thiazole rings is 1. The first kappa shape index (κ1) is 24.0. The van der Waals surface area contributed by atoms with Gasteiger partial charge in [0.2, 0.25) is 17.7 Å². The van der Waals surface area contributed by atoms with Crippen molar-refractivity contribution in [2.75, 3.05) is 19.0 Å². The molecule has 0 unspecified atom stereocenters. The molecule has 5 heterocycles. The number of rotatable bonds is 7. The van der Waals surface area contributed by atoms with E-state index in [-0.39, 0.29) is 6.03 Å². The zero-order valence-corrected chi connectivity index (χ0v) is 21.0. The molecule has 5 aromatic heterocycles. The number of hydrogen-bond donors (Lipinski definition) is 2. The quantitative estimate of drug-likeness (QED) is 0.312. The van der Waals surface area contributed by atoms with Crippen LogP contribution in [0.15, 0.2) is 58.7 Å². The fourth-order valence-electron chi connectivity index (χ4n) is 3.56. The number of ether oxygens (including phenoxy) is 1. The summed E-state index contributed by atoms with van der Waals surface area (Å²) in [6.45, 7) is 4.07. The highest BCUT2D eigenvalue weighted by Gasteiger charge is 2.17. The molecule has 2 amide bonds. The summed E-state index contributed by atoms with van der Waals surface area (Å²) in [5.41, 5.74) is 4.38. The first-order valence-corrected chi connectivity index (χ1v) is 12.2. The number of nitrogens with zero attached hydrogens (tertiary/aromatic N) is 6. The third-order valence-electron chi connectivity index (χ3n) is 5.23. The van der Waals surface area contributed by atoms with Crippen LogP contribution >= 0.6 is 11.3 Å². The van der Waals surface area contributed by atoms with E-state index in [1.165, 1.54) is 11.3 Å².